The fourth-order valence-corrected chi connectivity index (χ4v) is 2.67. The van der Waals surface area contributed by atoms with Crippen LogP contribution in [-0.4, -0.2) is 12.3 Å². The number of Topliss-reactive ketones (excluding diaryl/α,β-unsaturated/α-hetero) is 1. The number of aryl methyl sites for hydroxylation is 2. The number of carbonyl (C=O) groups is 1. The molecule has 0 amide bonds. The average Bonchev–Trinajstić information content (AvgIpc) is 2.84. The average molecular weight is 201 g/mol. The van der Waals surface area contributed by atoms with Crippen LogP contribution < -0.4 is 5.32 Å². The molecular formula is C13H15NO. The van der Waals surface area contributed by atoms with Crippen LogP contribution in [0.3, 0.4) is 0 Å². The van der Waals surface area contributed by atoms with Crippen LogP contribution in [0.15, 0.2) is 18.2 Å². The van der Waals surface area contributed by atoms with Crippen LogP contribution in [0.25, 0.3) is 0 Å². The fourth-order valence-electron chi connectivity index (χ4n) is 2.67. The van der Waals surface area contributed by atoms with Crippen molar-refractivity contribution in [2.75, 3.05) is 6.54 Å². The molecule has 0 spiro atoms. The molecule has 2 aliphatic rings. The van der Waals surface area contributed by atoms with Gasteiger partial charge in [0.05, 0.1) is 6.04 Å². The molecule has 1 N–H and O–H groups in total. The van der Waals surface area contributed by atoms with Gasteiger partial charge >= 0.3 is 0 Å². The zero-order valence-electron chi connectivity index (χ0n) is 8.75. The molecule has 78 valence electrons. The predicted octanol–water partition coefficient (Wildman–Crippen LogP) is 1.78. The molecular weight excluding hydrogens is 186 g/mol. The topological polar surface area (TPSA) is 29.1 Å². The minimum absolute atomic E-state index is 0.0316. The Hall–Kier alpha value is -1.15. The number of nitrogens with one attached hydrogen (secondary N) is 1. The van der Waals surface area contributed by atoms with Crippen LogP contribution in [-0.2, 0) is 17.6 Å². The van der Waals surface area contributed by atoms with Crippen molar-refractivity contribution in [3.63, 3.8) is 0 Å². The van der Waals surface area contributed by atoms with E-state index in [-0.39, 0.29) is 6.04 Å². The number of rotatable bonds is 1. The van der Waals surface area contributed by atoms with E-state index in [1.807, 2.05) is 0 Å². The van der Waals surface area contributed by atoms with E-state index in [2.05, 4.69) is 23.5 Å². The first-order valence-corrected chi connectivity index (χ1v) is 5.72. The second-order valence-corrected chi connectivity index (χ2v) is 4.49. The van der Waals surface area contributed by atoms with Crippen LogP contribution in [0.2, 0.25) is 0 Å². The lowest BCUT2D eigenvalue weighted by Gasteiger charge is -2.11. The second-order valence-electron chi connectivity index (χ2n) is 4.49. The van der Waals surface area contributed by atoms with Gasteiger partial charge in [0.2, 0.25) is 0 Å². The van der Waals surface area contributed by atoms with Gasteiger partial charge in [-0.25, -0.2) is 0 Å². The number of hydrogen-bond donors (Lipinski definition) is 1. The highest BCUT2D eigenvalue weighted by Crippen LogP contribution is 2.27. The van der Waals surface area contributed by atoms with Gasteiger partial charge in [0, 0.05) is 13.0 Å². The van der Waals surface area contributed by atoms with Gasteiger partial charge in [0.15, 0.2) is 5.78 Å². The lowest BCUT2D eigenvalue weighted by molar-refractivity contribution is -0.118. The molecule has 1 unspecified atom stereocenters. The minimum atomic E-state index is -0.0316. The highest BCUT2D eigenvalue weighted by molar-refractivity contribution is 5.87. The number of hydrogen-bond acceptors (Lipinski definition) is 2. The smallest absolute Gasteiger partial charge is 0.155 e. The van der Waals surface area contributed by atoms with Crippen LogP contribution in [0.1, 0.15) is 35.6 Å². The highest BCUT2D eigenvalue weighted by Gasteiger charge is 2.26. The maximum Gasteiger partial charge on any atom is 0.155 e. The summed E-state index contributed by atoms with van der Waals surface area (Å²) >= 11 is 0. The first kappa shape index (κ1) is 9.10. The summed E-state index contributed by atoms with van der Waals surface area (Å²) in [6.07, 6.45) is 4.35. The largest absolute Gasteiger partial charge is 0.303 e. The molecule has 2 nitrogen and oxygen atoms in total. The third-order valence-electron chi connectivity index (χ3n) is 3.50. The zero-order valence-corrected chi connectivity index (χ0v) is 8.75. The van der Waals surface area contributed by atoms with Crippen LogP contribution >= 0.6 is 0 Å². The summed E-state index contributed by atoms with van der Waals surface area (Å²) in [6, 6.07) is 6.51. The molecule has 1 heterocycles. The zero-order chi connectivity index (χ0) is 10.3. The molecule has 1 saturated heterocycles. The summed E-state index contributed by atoms with van der Waals surface area (Å²) in [4.78, 5) is 11.6. The van der Waals surface area contributed by atoms with Crippen molar-refractivity contribution < 1.29 is 4.79 Å². The molecule has 1 fully saturated rings. The Morgan fingerprint density at radius 3 is 2.80 bits per heavy atom. The third-order valence-corrected chi connectivity index (χ3v) is 3.50. The van der Waals surface area contributed by atoms with Crippen molar-refractivity contribution in [3.8, 4) is 0 Å². The van der Waals surface area contributed by atoms with E-state index in [9.17, 15) is 4.79 Å². The number of fused-ring (bicyclic) bond motifs is 1. The molecule has 0 bridgehead atoms. The molecule has 0 radical (unpaired) electrons. The molecule has 0 saturated carbocycles. The van der Waals surface area contributed by atoms with Gasteiger partial charge in [-0.3, -0.25) is 4.79 Å². The van der Waals surface area contributed by atoms with Crippen molar-refractivity contribution >= 4 is 5.78 Å². The maximum atomic E-state index is 11.6. The van der Waals surface area contributed by atoms with E-state index < -0.39 is 0 Å². The first-order chi connectivity index (χ1) is 7.34. The van der Waals surface area contributed by atoms with E-state index in [4.69, 9.17) is 0 Å². The number of carbonyl (C=O) groups excluding carboxylic acids is 1. The Labute approximate surface area is 89.7 Å². The Bertz CT molecular complexity index is 411. The number of ketones is 1. The van der Waals surface area contributed by atoms with E-state index in [1.54, 1.807) is 0 Å². The molecule has 3 rings (SSSR count). The standard InChI is InChI=1S/C13H15NO/c15-12-6-7-14-13(12)11-5-4-9-2-1-3-10(9)8-11/h4-5,8,13-14H,1-3,6-7H2. The van der Waals surface area contributed by atoms with Crippen LogP contribution in [0.4, 0.5) is 0 Å². The van der Waals surface area contributed by atoms with Gasteiger partial charge < -0.3 is 5.32 Å². The molecule has 15 heavy (non-hydrogen) atoms. The van der Waals surface area contributed by atoms with Crippen molar-refractivity contribution in [1.29, 1.82) is 0 Å². The SMILES string of the molecule is O=C1CCNC1c1ccc2c(c1)CCC2. The monoisotopic (exact) mass is 201 g/mol. The van der Waals surface area contributed by atoms with E-state index >= 15 is 0 Å². The summed E-state index contributed by atoms with van der Waals surface area (Å²) in [7, 11) is 0. The van der Waals surface area contributed by atoms with Crippen LogP contribution in [0, 0.1) is 0 Å². The maximum absolute atomic E-state index is 11.6. The lowest BCUT2D eigenvalue weighted by Crippen LogP contribution is -2.17. The third kappa shape index (κ3) is 1.49. The van der Waals surface area contributed by atoms with Gasteiger partial charge in [-0.2, -0.15) is 0 Å². The molecule has 1 atom stereocenters. The Morgan fingerprint density at radius 1 is 1.13 bits per heavy atom. The summed E-state index contributed by atoms with van der Waals surface area (Å²) in [5.41, 5.74) is 4.09. The van der Waals surface area contributed by atoms with Crippen molar-refractivity contribution in [1.82, 2.24) is 5.32 Å². The Morgan fingerprint density at radius 2 is 2.00 bits per heavy atom. The predicted molar refractivity (Wildman–Crippen MR) is 58.8 cm³/mol. The van der Waals surface area contributed by atoms with Gasteiger partial charge in [-0.1, -0.05) is 18.2 Å². The van der Waals surface area contributed by atoms with Gasteiger partial charge in [-0.15, -0.1) is 0 Å². The normalized spacial score (nSPS) is 24.5. The molecule has 1 aliphatic heterocycles. The van der Waals surface area contributed by atoms with Crippen molar-refractivity contribution in [2.24, 2.45) is 0 Å². The minimum Gasteiger partial charge on any atom is -0.303 e. The Kier molecular flexibility index (Phi) is 2.10. The molecule has 1 aromatic rings. The fraction of sp³-hybridized carbons (Fsp3) is 0.462. The first-order valence-electron chi connectivity index (χ1n) is 5.72. The summed E-state index contributed by atoms with van der Waals surface area (Å²) < 4.78 is 0. The summed E-state index contributed by atoms with van der Waals surface area (Å²) in [5, 5.41) is 3.26. The van der Waals surface area contributed by atoms with Gasteiger partial charge in [-0.05, 0) is 36.0 Å². The molecule has 1 aromatic carbocycles. The highest BCUT2D eigenvalue weighted by atomic mass is 16.1. The summed E-state index contributed by atoms with van der Waals surface area (Å²) in [6.45, 7) is 0.834. The molecule has 1 aliphatic carbocycles. The van der Waals surface area contributed by atoms with Gasteiger partial charge in [0.25, 0.3) is 0 Å². The lowest BCUT2D eigenvalue weighted by atomic mass is 9.99. The van der Waals surface area contributed by atoms with E-state index in [1.165, 1.54) is 30.4 Å². The van der Waals surface area contributed by atoms with E-state index in [0.29, 0.717) is 12.2 Å². The van der Waals surface area contributed by atoms with Gasteiger partial charge in [0.1, 0.15) is 0 Å². The van der Waals surface area contributed by atoms with Crippen molar-refractivity contribution in [2.45, 2.75) is 31.7 Å². The van der Waals surface area contributed by atoms with E-state index in [0.717, 1.165) is 12.1 Å². The van der Waals surface area contributed by atoms with Crippen molar-refractivity contribution in [3.05, 3.63) is 34.9 Å². The summed E-state index contributed by atoms with van der Waals surface area (Å²) in [5.74, 6) is 0.341. The second kappa shape index (κ2) is 3.46. The Balaban J connectivity index is 1.95. The molecule has 0 aromatic heterocycles. The number of benzene rings is 1. The quantitative estimate of drug-likeness (QED) is 0.750. The van der Waals surface area contributed by atoms with Crippen LogP contribution in [0.5, 0.6) is 0 Å². The molecule has 2 heteroatoms.